The minimum atomic E-state index is -4.62. The summed E-state index contributed by atoms with van der Waals surface area (Å²) >= 11 is 6.75. The predicted molar refractivity (Wildman–Crippen MR) is 113 cm³/mol. The van der Waals surface area contributed by atoms with Crippen molar-refractivity contribution in [1.29, 1.82) is 0 Å². The zero-order valence-corrected chi connectivity index (χ0v) is 18.3. The maximum absolute atomic E-state index is 13.0. The van der Waals surface area contributed by atoms with Crippen LogP contribution in [-0.4, -0.2) is 33.0 Å². The maximum Gasteiger partial charge on any atom is 0.417 e. The Bertz CT molecular complexity index is 1090. The number of hydrogen-bond acceptors (Lipinski definition) is 5. The predicted octanol–water partition coefficient (Wildman–Crippen LogP) is 5.28. The summed E-state index contributed by atoms with van der Waals surface area (Å²) in [6.45, 7) is 1.63. The zero-order chi connectivity index (χ0) is 22.8. The smallest absolute Gasteiger partial charge is 0.417 e. The van der Waals surface area contributed by atoms with Crippen molar-refractivity contribution in [1.82, 2.24) is 14.8 Å². The van der Waals surface area contributed by atoms with Gasteiger partial charge in [-0.1, -0.05) is 23.4 Å². The fourth-order valence-corrected chi connectivity index (χ4v) is 3.72. The molecule has 0 aliphatic rings. The van der Waals surface area contributed by atoms with Crippen LogP contribution >= 0.6 is 23.4 Å². The monoisotopic (exact) mass is 470 g/mol. The Morgan fingerprint density at radius 1 is 1.19 bits per heavy atom. The van der Waals surface area contributed by atoms with Crippen molar-refractivity contribution in [2.45, 2.75) is 23.5 Å². The number of nitrogens with one attached hydrogen (secondary N) is 1. The van der Waals surface area contributed by atoms with Crippen LogP contribution in [0.3, 0.4) is 0 Å². The highest BCUT2D eigenvalue weighted by atomic mass is 35.5. The number of ether oxygens (including phenoxy) is 1. The van der Waals surface area contributed by atoms with Crippen molar-refractivity contribution < 1.29 is 22.7 Å². The first-order valence-corrected chi connectivity index (χ1v) is 10.2. The van der Waals surface area contributed by atoms with Crippen LogP contribution in [0.2, 0.25) is 5.02 Å². The quantitative estimate of drug-likeness (QED) is 0.496. The van der Waals surface area contributed by atoms with E-state index in [0.717, 1.165) is 29.5 Å². The first kappa shape index (κ1) is 23.0. The number of alkyl halides is 3. The second-order valence-corrected chi connectivity index (χ2v) is 8.25. The van der Waals surface area contributed by atoms with Gasteiger partial charge in [-0.05, 0) is 49.4 Å². The first-order valence-electron chi connectivity index (χ1n) is 8.98. The van der Waals surface area contributed by atoms with Gasteiger partial charge in [0.15, 0.2) is 11.0 Å². The number of nitrogens with zero attached hydrogens (tertiary/aromatic N) is 3. The highest BCUT2D eigenvalue weighted by molar-refractivity contribution is 8.00. The van der Waals surface area contributed by atoms with Crippen molar-refractivity contribution in [2.75, 3.05) is 12.4 Å². The van der Waals surface area contributed by atoms with E-state index in [-0.39, 0.29) is 5.69 Å². The number of thioether (sulfide) groups is 1. The molecule has 0 aliphatic heterocycles. The summed E-state index contributed by atoms with van der Waals surface area (Å²) in [5, 5.41) is 10.2. The van der Waals surface area contributed by atoms with E-state index in [0.29, 0.717) is 16.7 Å². The van der Waals surface area contributed by atoms with E-state index >= 15 is 0 Å². The van der Waals surface area contributed by atoms with Gasteiger partial charge >= 0.3 is 6.18 Å². The van der Waals surface area contributed by atoms with Gasteiger partial charge in [-0.15, -0.1) is 10.2 Å². The second kappa shape index (κ2) is 9.19. The second-order valence-electron chi connectivity index (χ2n) is 6.54. The Morgan fingerprint density at radius 3 is 2.48 bits per heavy atom. The number of amides is 1. The topological polar surface area (TPSA) is 69.0 Å². The van der Waals surface area contributed by atoms with Crippen LogP contribution in [0.1, 0.15) is 12.5 Å². The molecule has 0 radical (unpaired) electrons. The number of benzene rings is 2. The largest absolute Gasteiger partial charge is 0.497 e. The number of anilines is 1. The van der Waals surface area contributed by atoms with E-state index in [1.165, 1.54) is 6.07 Å². The first-order chi connectivity index (χ1) is 14.6. The third-order valence-electron chi connectivity index (χ3n) is 4.37. The lowest BCUT2D eigenvalue weighted by molar-refractivity contribution is -0.137. The van der Waals surface area contributed by atoms with Crippen LogP contribution < -0.4 is 10.1 Å². The van der Waals surface area contributed by atoms with Gasteiger partial charge in [-0.3, -0.25) is 4.79 Å². The van der Waals surface area contributed by atoms with E-state index in [4.69, 9.17) is 16.3 Å². The van der Waals surface area contributed by atoms with E-state index in [1.54, 1.807) is 37.8 Å². The summed E-state index contributed by atoms with van der Waals surface area (Å²) in [6, 6.07) is 10.5. The summed E-state index contributed by atoms with van der Waals surface area (Å²) in [4.78, 5) is 12.5. The molecule has 0 spiro atoms. The lowest BCUT2D eigenvalue weighted by atomic mass is 10.2. The molecule has 3 aromatic rings. The highest BCUT2D eigenvalue weighted by Gasteiger charge is 2.33. The number of methoxy groups -OCH3 is 1. The molecule has 164 valence electrons. The van der Waals surface area contributed by atoms with Gasteiger partial charge in [-0.2, -0.15) is 13.2 Å². The average Bonchev–Trinajstić information content (AvgIpc) is 3.08. The van der Waals surface area contributed by atoms with Crippen LogP contribution in [0, 0.1) is 0 Å². The number of carbonyl (C=O) groups excluding carboxylic acids is 1. The fourth-order valence-electron chi connectivity index (χ4n) is 2.68. The third-order valence-corrected chi connectivity index (χ3v) is 5.84. The minimum Gasteiger partial charge on any atom is -0.497 e. The average molecular weight is 471 g/mol. The van der Waals surface area contributed by atoms with Crippen molar-refractivity contribution >= 4 is 35.0 Å². The Morgan fingerprint density at radius 2 is 1.87 bits per heavy atom. The van der Waals surface area contributed by atoms with Gasteiger partial charge in [0.25, 0.3) is 0 Å². The van der Waals surface area contributed by atoms with Crippen molar-refractivity contribution in [3.05, 3.63) is 53.1 Å². The lowest BCUT2D eigenvalue weighted by Gasteiger charge is -2.14. The van der Waals surface area contributed by atoms with Crippen LogP contribution in [0.25, 0.3) is 11.4 Å². The molecule has 1 unspecified atom stereocenters. The molecule has 3 rings (SSSR count). The van der Waals surface area contributed by atoms with Crippen molar-refractivity contribution in [3.8, 4) is 17.1 Å². The summed E-state index contributed by atoms with van der Waals surface area (Å²) in [5.74, 6) is 0.835. The van der Waals surface area contributed by atoms with E-state index < -0.39 is 27.9 Å². The molecule has 1 amide bonds. The molecule has 1 aromatic heterocycles. The van der Waals surface area contributed by atoms with Crippen LogP contribution in [0.4, 0.5) is 18.9 Å². The number of halogens is 4. The highest BCUT2D eigenvalue weighted by Crippen LogP contribution is 2.36. The van der Waals surface area contributed by atoms with Gasteiger partial charge in [0.1, 0.15) is 5.75 Å². The number of carbonyl (C=O) groups is 1. The normalized spacial score (nSPS) is 12.5. The van der Waals surface area contributed by atoms with Gasteiger partial charge in [0.2, 0.25) is 5.91 Å². The Hall–Kier alpha value is -2.72. The molecule has 0 bridgehead atoms. The molecular formula is C20H18ClF3N4O2S. The van der Waals surface area contributed by atoms with E-state index in [2.05, 4.69) is 15.5 Å². The lowest BCUT2D eigenvalue weighted by Crippen LogP contribution is -2.23. The number of hydrogen-bond donors (Lipinski definition) is 1. The molecule has 0 saturated carbocycles. The minimum absolute atomic E-state index is 0.00561. The molecule has 6 nitrogen and oxygen atoms in total. The summed E-state index contributed by atoms with van der Waals surface area (Å²) in [5.41, 5.74) is -0.184. The molecule has 1 atom stereocenters. The van der Waals surface area contributed by atoms with Gasteiger partial charge in [0, 0.05) is 18.3 Å². The summed E-state index contributed by atoms with van der Waals surface area (Å²) < 4.78 is 45.9. The molecular weight excluding hydrogens is 453 g/mol. The van der Waals surface area contributed by atoms with E-state index in [1.807, 2.05) is 12.1 Å². The molecule has 1 N–H and O–H groups in total. The SMILES string of the molecule is COc1ccc(-c2nnc(SC(C)C(=O)Nc3ccc(Cl)c(C(F)(F)F)c3)n2C)cc1. The molecule has 31 heavy (non-hydrogen) atoms. The Balaban J connectivity index is 1.71. The van der Waals surface area contributed by atoms with Gasteiger partial charge < -0.3 is 14.6 Å². The number of aromatic nitrogens is 3. The van der Waals surface area contributed by atoms with Crippen LogP contribution in [0.5, 0.6) is 5.75 Å². The molecule has 0 saturated heterocycles. The Labute approximate surface area is 185 Å². The van der Waals surface area contributed by atoms with Crippen LogP contribution in [-0.2, 0) is 18.0 Å². The zero-order valence-electron chi connectivity index (χ0n) is 16.7. The fraction of sp³-hybridized carbons (Fsp3) is 0.250. The molecule has 2 aromatic carbocycles. The van der Waals surface area contributed by atoms with Crippen LogP contribution in [0.15, 0.2) is 47.6 Å². The number of rotatable bonds is 6. The van der Waals surface area contributed by atoms with Gasteiger partial charge in [0.05, 0.1) is 22.9 Å². The van der Waals surface area contributed by atoms with E-state index in [9.17, 15) is 18.0 Å². The maximum atomic E-state index is 13.0. The van der Waals surface area contributed by atoms with Gasteiger partial charge in [-0.25, -0.2) is 0 Å². The summed E-state index contributed by atoms with van der Waals surface area (Å²) in [6.07, 6.45) is -4.62. The third kappa shape index (κ3) is 5.31. The summed E-state index contributed by atoms with van der Waals surface area (Å²) in [7, 11) is 3.34. The van der Waals surface area contributed by atoms with Crippen molar-refractivity contribution in [3.63, 3.8) is 0 Å². The molecule has 11 heteroatoms. The molecule has 0 aliphatic carbocycles. The molecule has 0 fully saturated rings. The standard InChI is InChI=1S/C20H18ClF3N4O2S/c1-11(18(29)25-13-6-9-16(21)15(10-13)20(22,23)24)31-19-27-26-17(28(19)2)12-4-7-14(30-3)8-5-12/h4-11H,1-3H3,(H,25,29). The Kier molecular flexibility index (Phi) is 6.80. The molecule has 1 heterocycles. The van der Waals surface area contributed by atoms with Crippen molar-refractivity contribution in [2.24, 2.45) is 7.05 Å².